The van der Waals surface area contributed by atoms with Crippen LogP contribution in [-0.4, -0.2) is 45.3 Å². The van der Waals surface area contributed by atoms with E-state index < -0.39 is 37.5 Å². The monoisotopic (exact) mass is 636 g/mol. The van der Waals surface area contributed by atoms with Gasteiger partial charge in [0.15, 0.2) is 5.78 Å². The van der Waals surface area contributed by atoms with Gasteiger partial charge in [-0.3, -0.25) is 19.4 Å². The fraction of sp³-hybridized carbons (Fsp3) is 0.382. The lowest BCUT2D eigenvalue weighted by molar-refractivity contribution is -0.130. The number of alkyl carbamates (subject to hydrolysis) is 1. The second-order valence-electron chi connectivity index (χ2n) is 12.3. The van der Waals surface area contributed by atoms with E-state index in [-0.39, 0.29) is 23.9 Å². The number of hydrogen-bond acceptors (Lipinski definition) is 6. The van der Waals surface area contributed by atoms with Crippen molar-refractivity contribution in [3.05, 3.63) is 90.0 Å². The number of phosphoric ester groups is 1. The minimum Gasteiger partial charge on any atom is -0.444 e. The van der Waals surface area contributed by atoms with E-state index in [1.54, 1.807) is 20.8 Å². The molecule has 0 spiro atoms. The van der Waals surface area contributed by atoms with Crippen LogP contribution in [0.5, 0.6) is 5.75 Å². The number of ketones is 1. The average molecular weight is 637 g/mol. The van der Waals surface area contributed by atoms with Crippen LogP contribution in [0.1, 0.15) is 57.6 Å². The Labute approximate surface area is 263 Å². The fourth-order valence-electron chi connectivity index (χ4n) is 5.39. The highest BCUT2D eigenvalue weighted by atomic mass is 31.2. The lowest BCUT2D eigenvalue weighted by atomic mass is 9.89. The SMILES string of the molecule is CC(C)(C)OC(=O)NC(Cc1ccc(OP(=O)(O)O)cc1)C(=O)NC1CCCCC(Cc2ccc(-c3ccccc3)cc2)C1=O. The van der Waals surface area contributed by atoms with Crippen molar-refractivity contribution in [2.24, 2.45) is 5.92 Å². The van der Waals surface area contributed by atoms with Crippen molar-refractivity contribution in [1.29, 1.82) is 0 Å². The van der Waals surface area contributed by atoms with E-state index in [4.69, 9.17) is 14.5 Å². The molecule has 0 heterocycles. The largest absolute Gasteiger partial charge is 0.524 e. The predicted molar refractivity (Wildman–Crippen MR) is 170 cm³/mol. The maximum absolute atomic E-state index is 13.7. The summed E-state index contributed by atoms with van der Waals surface area (Å²) in [5, 5.41) is 5.52. The number of Topliss-reactive ketones (excluding diaryl/α,β-unsaturated/α-hetero) is 1. The molecular weight excluding hydrogens is 595 g/mol. The molecular formula is C34H41N2O8P. The maximum Gasteiger partial charge on any atom is 0.524 e. The summed E-state index contributed by atoms with van der Waals surface area (Å²) in [6.07, 6.45) is 2.71. The van der Waals surface area contributed by atoms with E-state index in [0.29, 0.717) is 18.4 Å². The topological polar surface area (TPSA) is 151 Å². The Morgan fingerprint density at radius 3 is 2.11 bits per heavy atom. The van der Waals surface area contributed by atoms with Crippen LogP contribution in [-0.2, 0) is 31.7 Å². The van der Waals surface area contributed by atoms with Crippen LogP contribution in [0, 0.1) is 5.92 Å². The first-order valence-electron chi connectivity index (χ1n) is 15.1. The van der Waals surface area contributed by atoms with Gasteiger partial charge < -0.3 is 19.9 Å². The van der Waals surface area contributed by atoms with Gasteiger partial charge in [-0.1, -0.05) is 79.6 Å². The molecule has 0 bridgehead atoms. The number of benzene rings is 3. The molecule has 240 valence electrons. The zero-order chi connectivity index (χ0) is 32.6. The average Bonchev–Trinajstić information content (AvgIpc) is 3.13. The summed E-state index contributed by atoms with van der Waals surface area (Å²) in [4.78, 5) is 58.1. The van der Waals surface area contributed by atoms with Crippen molar-refractivity contribution in [2.45, 2.75) is 77.0 Å². The Morgan fingerprint density at radius 2 is 1.49 bits per heavy atom. The summed E-state index contributed by atoms with van der Waals surface area (Å²) in [5.74, 6) is -0.845. The normalized spacial score (nSPS) is 17.9. The van der Waals surface area contributed by atoms with Crippen molar-refractivity contribution in [3.63, 3.8) is 0 Å². The molecule has 1 fully saturated rings. The molecule has 4 rings (SSSR count). The third kappa shape index (κ3) is 10.8. The van der Waals surface area contributed by atoms with Crippen LogP contribution in [0.15, 0.2) is 78.9 Å². The first-order valence-corrected chi connectivity index (χ1v) is 16.6. The molecule has 10 nitrogen and oxygen atoms in total. The van der Waals surface area contributed by atoms with E-state index in [9.17, 15) is 18.9 Å². The molecule has 45 heavy (non-hydrogen) atoms. The number of phosphoric acid groups is 1. The zero-order valence-corrected chi connectivity index (χ0v) is 26.7. The number of nitrogens with one attached hydrogen (secondary N) is 2. The van der Waals surface area contributed by atoms with Crippen molar-refractivity contribution in [2.75, 3.05) is 0 Å². The molecule has 2 amide bonds. The second-order valence-corrected chi connectivity index (χ2v) is 13.5. The van der Waals surface area contributed by atoms with Gasteiger partial charge in [0.1, 0.15) is 17.4 Å². The lowest BCUT2D eigenvalue weighted by Crippen LogP contribution is -2.53. The molecule has 1 aliphatic carbocycles. The number of ether oxygens (including phenoxy) is 1. The maximum atomic E-state index is 13.7. The Hall–Kier alpha value is -3.98. The van der Waals surface area contributed by atoms with Gasteiger partial charge in [0.25, 0.3) is 0 Å². The molecule has 3 unspecified atom stereocenters. The van der Waals surface area contributed by atoms with Crippen molar-refractivity contribution in [3.8, 4) is 16.9 Å². The van der Waals surface area contributed by atoms with Gasteiger partial charge in [0, 0.05) is 12.3 Å². The van der Waals surface area contributed by atoms with Gasteiger partial charge in [-0.15, -0.1) is 0 Å². The molecule has 0 radical (unpaired) electrons. The van der Waals surface area contributed by atoms with Gasteiger partial charge in [0.05, 0.1) is 6.04 Å². The molecule has 3 aromatic rings. The van der Waals surface area contributed by atoms with Gasteiger partial charge in [0.2, 0.25) is 5.91 Å². The van der Waals surface area contributed by atoms with Crippen LogP contribution in [0.25, 0.3) is 11.1 Å². The van der Waals surface area contributed by atoms with Crippen molar-refractivity contribution < 1.29 is 38.0 Å². The molecule has 3 aromatic carbocycles. The Bertz CT molecular complexity index is 1500. The summed E-state index contributed by atoms with van der Waals surface area (Å²) in [5.41, 5.74) is 3.07. The number of carbonyl (C=O) groups is 3. The van der Waals surface area contributed by atoms with Crippen LogP contribution in [0.2, 0.25) is 0 Å². The Kier molecular flexibility index (Phi) is 11.2. The minimum atomic E-state index is -4.73. The molecule has 11 heteroatoms. The van der Waals surface area contributed by atoms with Gasteiger partial charge in [-0.05, 0) is 74.4 Å². The first kappa shape index (κ1) is 33.9. The Balaban J connectivity index is 1.45. The fourth-order valence-corrected chi connectivity index (χ4v) is 5.79. The highest BCUT2D eigenvalue weighted by molar-refractivity contribution is 7.46. The summed E-state index contributed by atoms with van der Waals surface area (Å²) in [7, 11) is -4.73. The summed E-state index contributed by atoms with van der Waals surface area (Å²) < 4.78 is 21.1. The number of amides is 2. The zero-order valence-electron chi connectivity index (χ0n) is 25.8. The van der Waals surface area contributed by atoms with Crippen molar-refractivity contribution >= 4 is 25.6 Å². The van der Waals surface area contributed by atoms with Crippen LogP contribution >= 0.6 is 7.82 Å². The number of carbonyl (C=O) groups excluding carboxylic acids is 3. The molecule has 1 saturated carbocycles. The smallest absolute Gasteiger partial charge is 0.444 e. The van der Waals surface area contributed by atoms with E-state index in [0.717, 1.165) is 36.0 Å². The quantitative estimate of drug-likeness (QED) is 0.162. The molecule has 3 atom stereocenters. The van der Waals surface area contributed by atoms with Crippen LogP contribution in [0.3, 0.4) is 0 Å². The van der Waals surface area contributed by atoms with E-state index in [1.165, 1.54) is 24.3 Å². The van der Waals surface area contributed by atoms with Crippen LogP contribution in [0.4, 0.5) is 4.79 Å². The molecule has 0 aromatic heterocycles. The second kappa shape index (κ2) is 14.9. The molecule has 0 aliphatic heterocycles. The highest BCUT2D eigenvalue weighted by Crippen LogP contribution is 2.37. The standard InChI is InChI=1S/C34H41N2O8P/c1-34(2,3)43-33(39)36-30(22-24-15-19-28(20-16-24)44-45(40,41)42)32(38)35-29-12-8-7-11-27(31(29)37)21-23-13-17-26(18-14-23)25-9-5-4-6-10-25/h4-6,9-10,13-20,27,29-30H,7-8,11-12,21-22H2,1-3H3,(H,35,38)(H,36,39)(H2,40,41,42). The number of hydrogen-bond donors (Lipinski definition) is 4. The van der Waals surface area contributed by atoms with E-state index in [2.05, 4.69) is 39.4 Å². The van der Waals surface area contributed by atoms with Crippen LogP contribution < -0.4 is 15.2 Å². The van der Waals surface area contributed by atoms with Crippen molar-refractivity contribution in [1.82, 2.24) is 10.6 Å². The van der Waals surface area contributed by atoms with E-state index in [1.807, 2.05) is 30.3 Å². The molecule has 1 aliphatic rings. The Morgan fingerprint density at radius 1 is 0.889 bits per heavy atom. The minimum absolute atomic E-state index is 0.0251. The van der Waals surface area contributed by atoms with Gasteiger partial charge in [-0.2, -0.15) is 0 Å². The van der Waals surface area contributed by atoms with Gasteiger partial charge in [-0.25, -0.2) is 9.36 Å². The molecule has 0 saturated heterocycles. The third-order valence-corrected chi connectivity index (χ3v) is 7.94. The molecule has 4 N–H and O–H groups in total. The summed E-state index contributed by atoms with van der Waals surface area (Å²) in [6.45, 7) is 5.13. The lowest BCUT2D eigenvalue weighted by Gasteiger charge is -2.26. The first-order chi connectivity index (χ1) is 21.3. The summed E-state index contributed by atoms with van der Waals surface area (Å²) >= 11 is 0. The van der Waals surface area contributed by atoms with Gasteiger partial charge >= 0.3 is 13.9 Å². The highest BCUT2D eigenvalue weighted by Gasteiger charge is 2.33. The predicted octanol–water partition coefficient (Wildman–Crippen LogP) is 5.75. The number of rotatable bonds is 10. The summed E-state index contributed by atoms with van der Waals surface area (Å²) in [6, 6.07) is 22.3. The third-order valence-electron chi connectivity index (χ3n) is 7.50. The van der Waals surface area contributed by atoms with E-state index >= 15 is 0 Å².